The van der Waals surface area contributed by atoms with Crippen molar-refractivity contribution in [2.24, 2.45) is 5.41 Å². The Bertz CT molecular complexity index is 1030. The van der Waals surface area contributed by atoms with E-state index in [0.717, 1.165) is 40.6 Å². The van der Waals surface area contributed by atoms with Crippen LogP contribution in [0.2, 0.25) is 4.34 Å². The van der Waals surface area contributed by atoms with E-state index in [1.54, 1.807) is 6.08 Å². The highest BCUT2D eigenvalue weighted by atomic mass is 35.5. The van der Waals surface area contributed by atoms with Crippen LogP contribution in [0.15, 0.2) is 30.9 Å². The van der Waals surface area contributed by atoms with Gasteiger partial charge in [-0.15, -0.1) is 11.3 Å². The smallest absolute Gasteiger partial charge is 0.410 e. The number of fused-ring (bicyclic) bond motifs is 2. The Kier molecular flexibility index (Phi) is 6.86. The molecule has 2 aromatic heterocycles. The van der Waals surface area contributed by atoms with Crippen molar-refractivity contribution in [2.45, 2.75) is 71.0 Å². The van der Waals surface area contributed by atoms with Crippen molar-refractivity contribution in [3.63, 3.8) is 0 Å². The molecule has 33 heavy (non-hydrogen) atoms. The lowest BCUT2D eigenvalue weighted by atomic mass is 9.88. The second-order valence-electron chi connectivity index (χ2n) is 9.81. The average molecular weight is 491 g/mol. The molecule has 7 nitrogen and oxygen atoms in total. The molecule has 4 rings (SSSR count). The van der Waals surface area contributed by atoms with Gasteiger partial charge in [0.1, 0.15) is 12.4 Å². The number of nitrogens with one attached hydrogen (secondary N) is 1. The average Bonchev–Trinajstić information content (AvgIpc) is 3.45. The van der Waals surface area contributed by atoms with E-state index in [2.05, 4.69) is 11.9 Å². The molecular formula is C24H31ClN4O3S. The number of hydrogen-bond acceptors (Lipinski definition) is 6. The lowest BCUT2D eigenvalue weighted by molar-refractivity contribution is 0.0720. The zero-order valence-electron chi connectivity index (χ0n) is 19.3. The molecular weight excluding hydrogens is 460 g/mol. The summed E-state index contributed by atoms with van der Waals surface area (Å²) in [5.41, 5.74) is 0.332. The molecule has 2 atom stereocenters. The first-order chi connectivity index (χ1) is 15.7. The van der Waals surface area contributed by atoms with Gasteiger partial charge in [0.25, 0.3) is 5.91 Å². The molecule has 2 unspecified atom stereocenters. The maximum absolute atomic E-state index is 13.1. The van der Waals surface area contributed by atoms with E-state index in [-0.39, 0.29) is 36.6 Å². The van der Waals surface area contributed by atoms with Crippen molar-refractivity contribution in [1.82, 2.24) is 14.7 Å². The van der Waals surface area contributed by atoms with Crippen LogP contribution in [0.25, 0.3) is 0 Å². The fourth-order valence-corrected chi connectivity index (χ4v) is 5.77. The van der Waals surface area contributed by atoms with Crippen LogP contribution in [0.4, 0.5) is 10.6 Å². The number of rotatable bonds is 6. The molecule has 0 saturated carbocycles. The molecule has 1 N–H and O–H groups in total. The number of piperidine rings is 1. The third-order valence-electron chi connectivity index (χ3n) is 6.32. The second kappa shape index (κ2) is 9.50. The number of nitrogens with zero attached hydrogens (tertiary/aromatic N) is 3. The summed E-state index contributed by atoms with van der Waals surface area (Å²) in [6.45, 7) is 10.1. The number of ether oxygens (including phenoxy) is 1. The Labute approximate surface area is 203 Å². The molecule has 9 heteroatoms. The first kappa shape index (κ1) is 23.8. The summed E-state index contributed by atoms with van der Waals surface area (Å²) in [6.07, 6.45) is 4.91. The van der Waals surface area contributed by atoms with E-state index >= 15 is 0 Å². The summed E-state index contributed by atoms with van der Waals surface area (Å²) >= 11 is 7.57. The standard InChI is InChI=1S/C24H31ClN4O3S/c1-5-10-32-23(31)28-16-6-7-17(28)12-15(11-16)19-13-21(26-14-18-8-9-20(25)33-18)29(27-19)22(30)24(2,3)4/h5,8-9,13,15-17,26H,1,6-7,10-12,14H2,2-4H3. The predicted molar refractivity (Wildman–Crippen MR) is 131 cm³/mol. The number of aromatic nitrogens is 2. The summed E-state index contributed by atoms with van der Waals surface area (Å²) in [7, 11) is 0. The van der Waals surface area contributed by atoms with Gasteiger partial charge in [-0.3, -0.25) is 4.79 Å². The summed E-state index contributed by atoms with van der Waals surface area (Å²) in [5.74, 6) is 0.820. The Morgan fingerprint density at radius 1 is 1.30 bits per heavy atom. The van der Waals surface area contributed by atoms with Crippen LogP contribution < -0.4 is 5.32 Å². The highest BCUT2D eigenvalue weighted by Crippen LogP contribution is 2.43. The first-order valence-corrected chi connectivity index (χ1v) is 12.6. The Hall–Kier alpha value is -2.32. The molecule has 1 amide bonds. The van der Waals surface area contributed by atoms with E-state index in [4.69, 9.17) is 21.4 Å². The van der Waals surface area contributed by atoms with E-state index in [1.807, 2.05) is 43.9 Å². The zero-order chi connectivity index (χ0) is 23.8. The van der Waals surface area contributed by atoms with Crippen LogP contribution in [0.1, 0.15) is 67.7 Å². The quantitative estimate of drug-likeness (QED) is 0.508. The van der Waals surface area contributed by atoms with E-state index < -0.39 is 5.41 Å². The fraction of sp³-hybridized carbons (Fsp3) is 0.542. The molecule has 0 spiro atoms. The van der Waals surface area contributed by atoms with Crippen molar-refractivity contribution < 1.29 is 14.3 Å². The van der Waals surface area contributed by atoms with Gasteiger partial charge < -0.3 is 15.0 Å². The van der Waals surface area contributed by atoms with E-state index in [1.165, 1.54) is 16.0 Å². The third-order valence-corrected chi connectivity index (χ3v) is 7.55. The van der Waals surface area contributed by atoms with Crippen LogP contribution in [-0.2, 0) is 11.3 Å². The number of thiophene rings is 1. The summed E-state index contributed by atoms with van der Waals surface area (Å²) in [6, 6.07) is 6.12. The second-order valence-corrected chi connectivity index (χ2v) is 11.6. The number of amides is 1. The molecule has 2 bridgehead atoms. The van der Waals surface area contributed by atoms with Crippen LogP contribution in [0, 0.1) is 5.41 Å². The van der Waals surface area contributed by atoms with Gasteiger partial charge in [0.15, 0.2) is 0 Å². The van der Waals surface area contributed by atoms with E-state index in [9.17, 15) is 9.59 Å². The van der Waals surface area contributed by atoms with Crippen LogP contribution >= 0.6 is 22.9 Å². The van der Waals surface area contributed by atoms with Gasteiger partial charge in [-0.2, -0.15) is 9.78 Å². The van der Waals surface area contributed by atoms with Gasteiger partial charge in [0, 0.05) is 34.4 Å². The third kappa shape index (κ3) is 5.11. The first-order valence-electron chi connectivity index (χ1n) is 11.4. The molecule has 2 saturated heterocycles. The highest BCUT2D eigenvalue weighted by molar-refractivity contribution is 7.16. The number of halogens is 1. The van der Waals surface area contributed by atoms with Crippen LogP contribution in [-0.4, -0.2) is 45.4 Å². The van der Waals surface area contributed by atoms with Crippen molar-refractivity contribution >= 4 is 40.8 Å². The maximum atomic E-state index is 13.1. The number of carbonyl (C=O) groups excluding carboxylic acids is 2. The SMILES string of the molecule is C=CCOC(=O)N1C2CCC1CC(c1cc(NCc3ccc(Cl)s3)n(C(=O)C(C)(C)C)n1)C2. The molecule has 2 aliphatic heterocycles. The lowest BCUT2D eigenvalue weighted by Crippen LogP contribution is -2.46. The Morgan fingerprint density at radius 3 is 2.58 bits per heavy atom. The minimum atomic E-state index is -0.566. The zero-order valence-corrected chi connectivity index (χ0v) is 20.9. The van der Waals surface area contributed by atoms with Crippen molar-refractivity contribution in [3.05, 3.63) is 45.8 Å². The fourth-order valence-electron chi connectivity index (χ4n) is 4.74. The summed E-state index contributed by atoms with van der Waals surface area (Å²) in [4.78, 5) is 28.6. The molecule has 178 valence electrons. The van der Waals surface area contributed by atoms with Crippen molar-refractivity contribution in [2.75, 3.05) is 11.9 Å². The maximum Gasteiger partial charge on any atom is 0.410 e. The summed E-state index contributed by atoms with van der Waals surface area (Å²) in [5, 5.41) is 8.15. The highest BCUT2D eigenvalue weighted by Gasteiger charge is 2.45. The number of hydrogen-bond donors (Lipinski definition) is 1. The van der Waals surface area contributed by atoms with Gasteiger partial charge in [-0.1, -0.05) is 45.0 Å². The van der Waals surface area contributed by atoms with Gasteiger partial charge in [0.2, 0.25) is 0 Å². The molecule has 2 aromatic rings. The molecule has 0 aliphatic carbocycles. The van der Waals surface area contributed by atoms with Crippen LogP contribution in [0.5, 0.6) is 0 Å². The van der Waals surface area contributed by atoms with Gasteiger partial charge in [-0.25, -0.2) is 4.79 Å². The lowest BCUT2D eigenvalue weighted by Gasteiger charge is -2.37. The van der Waals surface area contributed by atoms with Gasteiger partial charge in [0.05, 0.1) is 16.6 Å². The van der Waals surface area contributed by atoms with Gasteiger partial charge in [-0.05, 0) is 37.8 Å². The largest absolute Gasteiger partial charge is 0.445 e. The van der Waals surface area contributed by atoms with E-state index in [0.29, 0.717) is 12.4 Å². The number of carbonyl (C=O) groups is 2. The number of anilines is 1. The van der Waals surface area contributed by atoms with Gasteiger partial charge >= 0.3 is 6.09 Å². The molecule has 0 radical (unpaired) electrons. The predicted octanol–water partition coefficient (Wildman–Crippen LogP) is 5.93. The molecule has 0 aromatic carbocycles. The minimum absolute atomic E-state index is 0.0612. The molecule has 2 aliphatic rings. The van der Waals surface area contributed by atoms with Crippen LogP contribution in [0.3, 0.4) is 0 Å². The Morgan fingerprint density at radius 2 is 2.00 bits per heavy atom. The minimum Gasteiger partial charge on any atom is -0.445 e. The van der Waals surface area contributed by atoms with Crippen molar-refractivity contribution in [3.8, 4) is 0 Å². The van der Waals surface area contributed by atoms with Crippen molar-refractivity contribution in [1.29, 1.82) is 0 Å². The topological polar surface area (TPSA) is 76.5 Å². The summed E-state index contributed by atoms with van der Waals surface area (Å²) < 4.78 is 7.55. The Balaban J connectivity index is 1.54. The molecule has 2 fully saturated rings. The normalized spacial score (nSPS) is 22.3. The molecule has 4 heterocycles. The monoisotopic (exact) mass is 490 g/mol.